The summed E-state index contributed by atoms with van der Waals surface area (Å²) in [6.45, 7) is 2.51. The van der Waals surface area contributed by atoms with Gasteiger partial charge in [0.2, 0.25) is 0 Å². The molecule has 1 aliphatic heterocycles. The third-order valence-electron chi connectivity index (χ3n) is 3.64. The lowest BCUT2D eigenvalue weighted by atomic mass is 9.98. The highest BCUT2D eigenvalue weighted by molar-refractivity contribution is 5.63. The minimum Gasteiger partial charge on any atom is -0.384 e. The zero-order chi connectivity index (χ0) is 13.4. The number of anilines is 1. The summed E-state index contributed by atoms with van der Waals surface area (Å²) in [7, 11) is 0. The Balaban J connectivity index is 2.02. The van der Waals surface area contributed by atoms with Crippen LogP contribution in [-0.2, 0) is 6.42 Å². The molecular weight excluding hydrogens is 244 g/mol. The summed E-state index contributed by atoms with van der Waals surface area (Å²) < 4.78 is 28.2. The number of rotatable bonds is 2. The van der Waals surface area contributed by atoms with Crippen molar-refractivity contribution in [3.8, 4) is 0 Å². The van der Waals surface area contributed by atoms with Crippen LogP contribution in [0.2, 0.25) is 0 Å². The predicted molar refractivity (Wildman–Crippen MR) is 72.7 cm³/mol. The van der Waals surface area contributed by atoms with Gasteiger partial charge < -0.3 is 5.32 Å². The highest BCUT2D eigenvalue weighted by Gasteiger charge is 2.21. The van der Waals surface area contributed by atoms with Crippen molar-refractivity contribution in [2.45, 2.75) is 19.5 Å². The van der Waals surface area contributed by atoms with E-state index in [1.807, 2.05) is 12.1 Å². The van der Waals surface area contributed by atoms with Gasteiger partial charge in [0.25, 0.3) is 0 Å². The predicted octanol–water partition coefficient (Wildman–Crippen LogP) is 4.16. The smallest absolute Gasteiger partial charge is 0.152 e. The highest BCUT2D eigenvalue weighted by Crippen LogP contribution is 2.36. The summed E-state index contributed by atoms with van der Waals surface area (Å²) in [4.78, 5) is 0. The van der Waals surface area contributed by atoms with Gasteiger partial charge in [0.1, 0.15) is 5.82 Å². The number of hydrogen-bond donors (Lipinski definition) is 1. The summed E-state index contributed by atoms with van der Waals surface area (Å²) >= 11 is 0. The summed E-state index contributed by atoms with van der Waals surface area (Å²) in [5.41, 5.74) is 3.50. The molecule has 0 fully saturated rings. The van der Waals surface area contributed by atoms with E-state index in [0.717, 1.165) is 24.2 Å². The first-order chi connectivity index (χ1) is 9.16. The van der Waals surface area contributed by atoms with Gasteiger partial charge in [0, 0.05) is 17.8 Å². The number of fused-ring (bicyclic) bond motifs is 1. The minimum absolute atomic E-state index is 0.360. The second kappa shape index (κ2) is 4.65. The van der Waals surface area contributed by atoms with Crippen LogP contribution in [0.4, 0.5) is 14.5 Å². The monoisotopic (exact) mass is 259 g/mol. The molecular formula is C16H15F2N. The lowest BCUT2D eigenvalue weighted by molar-refractivity contribution is 0.401. The quantitative estimate of drug-likeness (QED) is 0.853. The Labute approximate surface area is 111 Å². The zero-order valence-corrected chi connectivity index (χ0v) is 10.7. The van der Waals surface area contributed by atoms with Gasteiger partial charge in [-0.1, -0.05) is 30.3 Å². The van der Waals surface area contributed by atoms with Crippen molar-refractivity contribution in [1.29, 1.82) is 0 Å². The van der Waals surface area contributed by atoms with Crippen molar-refractivity contribution in [3.05, 3.63) is 64.5 Å². The molecule has 1 N–H and O–H groups in total. The first-order valence-corrected chi connectivity index (χ1v) is 6.42. The second-order valence-electron chi connectivity index (χ2n) is 4.93. The van der Waals surface area contributed by atoms with Crippen LogP contribution in [0.15, 0.2) is 36.4 Å². The van der Waals surface area contributed by atoms with Gasteiger partial charge in [-0.15, -0.1) is 0 Å². The average molecular weight is 259 g/mol. The number of para-hydroxylation sites is 1. The maximum absolute atomic E-state index is 14.6. The molecule has 1 heterocycles. The Kier molecular flexibility index (Phi) is 2.97. The zero-order valence-electron chi connectivity index (χ0n) is 10.7. The number of aryl methyl sites for hydroxylation is 1. The summed E-state index contributed by atoms with van der Waals surface area (Å²) in [5.74, 6) is -0.360. The Morgan fingerprint density at radius 3 is 2.84 bits per heavy atom. The number of benzene rings is 2. The second-order valence-corrected chi connectivity index (χ2v) is 4.93. The molecule has 0 spiro atoms. The maximum atomic E-state index is 14.6. The molecule has 1 nitrogen and oxygen atoms in total. The molecule has 2 aromatic rings. The normalized spacial score (nSPS) is 14.9. The fraction of sp³-hybridized carbons (Fsp3) is 0.250. The van der Waals surface area contributed by atoms with Crippen molar-refractivity contribution in [1.82, 2.24) is 0 Å². The highest BCUT2D eigenvalue weighted by atomic mass is 19.1. The van der Waals surface area contributed by atoms with Crippen molar-refractivity contribution in [2.24, 2.45) is 0 Å². The third kappa shape index (κ3) is 2.09. The van der Waals surface area contributed by atoms with E-state index in [1.165, 1.54) is 6.07 Å². The molecule has 1 unspecified atom stereocenters. The van der Waals surface area contributed by atoms with E-state index < -0.39 is 6.17 Å². The molecule has 2 aromatic carbocycles. The van der Waals surface area contributed by atoms with E-state index in [-0.39, 0.29) is 5.82 Å². The Morgan fingerprint density at radius 1 is 1.21 bits per heavy atom. The van der Waals surface area contributed by atoms with Gasteiger partial charge in [-0.25, -0.2) is 8.78 Å². The van der Waals surface area contributed by atoms with Crippen LogP contribution in [0.3, 0.4) is 0 Å². The van der Waals surface area contributed by atoms with Crippen LogP contribution < -0.4 is 5.32 Å². The number of hydrogen-bond acceptors (Lipinski definition) is 1. The van der Waals surface area contributed by atoms with E-state index in [4.69, 9.17) is 0 Å². The number of nitrogens with one attached hydrogen (secondary N) is 1. The standard InChI is InChI=1S/C16H15F2N/c1-10-5-6-12(9-14(10)17)15(18)13-4-2-3-11-7-8-19-16(11)13/h2-6,9,15,19H,7-8H2,1H3. The van der Waals surface area contributed by atoms with E-state index >= 15 is 0 Å². The number of halogens is 2. The SMILES string of the molecule is Cc1ccc(C(F)c2cccc3c2NCC3)cc1F. The first-order valence-electron chi connectivity index (χ1n) is 6.42. The lowest BCUT2D eigenvalue weighted by Gasteiger charge is -2.14. The molecule has 3 heteroatoms. The van der Waals surface area contributed by atoms with E-state index in [0.29, 0.717) is 16.7 Å². The van der Waals surface area contributed by atoms with Crippen LogP contribution >= 0.6 is 0 Å². The van der Waals surface area contributed by atoms with Crippen molar-refractivity contribution >= 4 is 5.69 Å². The molecule has 98 valence electrons. The van der Waals surface area contributed by atoms with Gasteiger partial charge >= 0.3 is 0 Å². The molecule has 1 aliphatic rings. The average Bonchev–Trinajstić information content (AvgIpc) is 2.89. The largest absolute Gasteiger partial charge is 0.384 e. The van der Waals surface area contributed by atoms with Gasteiger partial charge in [0.15, 0.2) is 6.17 Å². The molecule has 1 atom stereocenters. The molecule has 0 saturated carbocycles. The molecule has 0 aromatic heterocycles. The summed E-state index contributed by atoms with van der Waals surface area (Å²) in [5, 5.41) is 3.21. The number of alkyl halides is 1. The molecule has 19 heavy (non-hydrogen) atoms. The van der Waals surface area contributed by atoms with Gasteiger partial charge in [-0.2, -0.15) is 0 Å². The Hall–Kier alpha value is -1.90. The molecule has 0 radical (unpaired) electrons. The first kappa shape index (κ1) is 12.2. The van der Waals surface area contributed by atoms with Crippen molar-refractivity contribution < 1.29 is 8.78 Å². The van der Waals surface area contributed by atoms with E-state index in [9.17, 15) is 8.78 Å². The van der Waals surface area contributed by atoms with Crippen LogP contribution in [0.1, 0.15) is 28.4 Å². The van der Waals surface area contributed by atoms with Gasteiger partial charge in [-0.3, -0.25) is 0 Å². The van der Waals surface area contributed by atoms with Gasteiger partial charge in [0.05, 0.1) is 0 Å². The fourth-order valence-corrected chi connectivity index (χ4v) is 2.52. The third-order valence-corrected chi connectivity index (χ3v) is 3.64. The Morgan fingerprint density at radius 2 is 2.05 bits per heavy atom. The molecule has 0 amide bonds. The maximum Gasteiger partial charge on any atom is 0.152 e. The summed E-state index contributed by atoms with van der Waals surface area (Å²) in [6.07, 6.45) is -0.381. The van der Waals surface area contributed by atoms with Crippen molar-refractivity contribution in [2.75, 3.05) is 11.9 Å². The van der Waals surface area contributed by atoms with E-state index in [1.54, 1.807) is 25.1 Å². The van der Waals surface area contributed by atoms with Gasteiger partial charge in [-0.05, 0) is 36.1 Å². The summed E-state index contributed by atoms with van der Waals surface area (Å²) in [6, 6.07) is 10.2. The van der Waals surface area contributed by atoms with Crippen LogP contribution in [0.5, 0.6) is 0 Å². The minimum atomic E-state index is -1.30. The van der Waals surface area contributed by atoms with E-state index in [2.05, 4.69) is 5.32 Å². The molecule has 0 aliphatic carbocycles. The van der Waals surface area contributed by atoms with Crippen molar-refractivity contribution in [3.63, 3.8) is 0 Å². The van der Waals surface area contributed by atoms with Crippen LogP contribution in [0, 0.1) is 12.7 Å². The molecule has 0 saturated heterocycles. The fourth-order valence-electron chi connectivity index (χ4n) is 2.52. The lowest BCUT2D eigenvalue weighted by Crippen LogP contribution is -2.01. The molecule has 0 bridgehead atoms. The van der Waals surface area contributed by atoms with Crippen LogP contribution in [0.25, 0.3) is 0 Å². The Bertz CT molecular complexity index is 622. The van der Waals surface area contributed by atoms with Crippen LogP contribution in [-0.4, -0.2) is 6.54 Å². The molecule has 3 rings (SSSR count). The topological polar surface area (TPSA) is 12.0 Å².